The summed E-state index contributed by atoms with van der Waals surface area (Å²) in [5.74, 6) is -1.12. The number of alkyl halides is 3. The van der Waals surface area contributed by atoms with Crippen LogP contribution < -0.4 is 4.90 Å². The fourth-order valence-corrected chi connectivity index (χ4v) is 4.75. The van der Waals surface area contributed by atoms with E-state index in [-0.39, 0.29) is 24.9 Å². The Balaban J connectivity index is 1.32. The van der Waals surface area contributed by atoms with E-state index in [9.17, 15) is 13.2 Å². The van der Waals surface area contributed by atoms with Gasteiger partial charge in [0.05, 0.1) is 48.4 Å². The van der Waals surface area contributed by atoms with Crippen LogP contribution in [0.1, 0.15) is 66.4 Å². The molecular formula is C23H26F3N7O. The maximum atomic E-state index is 13.2. The summed E-state index contributed by atoms with van der Waals surface area (Å²) >= 11 is 0. The molecule has 0 amide bonds. The number of rotatable bonds is 4. The predicted molar refractivity (Wildman–Crippen MR) is 118 cm³/mol. The zero-order chi connectivity index (χ0) is 23.6. The molecule has 3 aromatic rings. The van der Waals surface area contributed by atoms with E-state index < -0.39 is 12.1 Å². The molecule has 2 aliphatic carbocycles. The van der Waals surface area contributed by atoms with Gasteiger partial charge in [0.1, 0.15) is 11.6 Å². The van der Waals surface area contributed by atoms with Gasteiger partial charge in [-0.15, -0.1) is 0 Å². The minimum Gasteiger partial charge on any atom is -0.370 e. The van der Waals surface area contributed by atoms with E-state index in [2.05, 4.69) is 20.1 Å². The molecule has 0 bridgehead atoms. The minimum absolute atomic E-state index is 0.0236. The van der Waals surface area contributed by atoms with Gasteiger partial charge in [-0.2, -0.15) is 23.3 Å². The molecule has 3 aliphatic rings. The first-order chi connectivity index (χ1) is 16.3. The molecule has 180 valence electrons. The summed E-state index contributed by atoms with van der Waals surface area (Å²) in [7, 11) is 0. The molecule has 11 heteroatoms. The van der Waals surface area contributed by atoms with Crippen LogP contribution in [0.4, 0.5) is 19.1 Å². The van der Waals surface area contributed by atoms with Crippen LogP contribution in [0, 0.1) is 19.8 Å². The molecule has 1 atom stereocenters. The van der Waals surface area contributed by atoms with Gasteiger partial charge in [0.2, 0.25) is 5.95 Å². The highest BCUT2D eigenvalue weighted by molar-refractivity contribution is 5.75. The molecule has 1 aliphatic heterocycles. The predicted octanol–water partition coefficient (Wildman–Crippen LogP) is 4.20. The van der Waals surface area contributed by atoms with E-state index in [1.807, 2.05) is 35.8 Å². The number of anilines is 1. The maximum Gasteiger partial charge on any atom is 0.391 e. The lowest BCUT2D eigenvalue weighted by atomic mass is 9.72. The minimum atomic E-state index is -4.18. The van der Waals surface area contributed by atoms with Gasteiger partial charge in [-0.05, 0) is 39.5 Å². The molecule has 2 saturated carbocycles. The van der Waals surface area contributed by atoms with E-state index >= 15 is 0 Å². The number of halogens is 3. The third-order valence-corrected chi connectivity index (χ3v) is 7.21. The second-order valence-corrected chi connectivity index (χ2v) is 9.67. The fraction of sp³-hybridized carbons (Fsp3) is 0.609. The van der Waals surface area contributed by atoms with Crippen LogP contribution in [-0.4, -0.2) is 55.6 Å². The van der Waals surface area contributed by atoms with Crippen molar-refractivity contribution in [1.29, 1.82) is 0 Å². The number of fused-ring (bicyclic) bond motifs is 1. The Bertz CT molecular complexity index is 1230. The normalized spacial score (nSPS) is 25.6. The number of aromatic nitrogens is 6. The van der Waals surface area contributed by atoms with Crippen molar-refractivity contribution in [3.8, 4) is 0 Å². The van der Waals surface area contributed by atoms with Crippen LogP contribution in [0.3, 0.4) is 0 Å². The highest BCUT2D eigenvalue weighted by atomic mass is 19.4. The molecule has 0 radical (unpaired) electrons. The van der Waals surface area contributed by atoms with Gasteiger partial charge in [-0.3, -0.25) is 4.68 Å². The molecule has 4 heterocycles. The third kappa shape index (κ3) is 3.89. The molecule has 6 rings (SSSR count). The molecule has 3 fully saturated rings. The van der Waals surface area contributed by atoms with Crippen LogP contribution in [0.25, 0.3) is 11.2 Å². The van der Waals surface area contributed by atoms with Crippen LogP contribution >= 0.6 is 0 Å². The van der Waals surface area contributed by atoms with Crippen molar-refractivity contribution in [2.75, 3.05) is 24.6 Å². The lowest BCUT2D eigenvalue weighted by Gasteiger charge is -2.37. The fourth-order valence-electron chi connectivity index (χ4n) is 4.75. The Morgan fingerprint density at radius 3 is 2.53 bits per heavy atom. The van der Waals surface area contributed by atoms with Crippen LogP contribution in [0.2, 0.25) is 0 Å². The lowest BCUT2D eigenvalue weighted by Crippen LogP contribution is -2.40. The third-order valence-electron chi connectivity index (χ3n) is 7.21. The van der Waals surface area contributed by atoms with E-state index in [4.69, 9.17) is 9.72 Å². The highest BCUT2D eigenvalue weighted by Gasteiger charge is 2.49. The zero-order valence-corrected chi connectivity index (χ0v) is 19.1. The Labute approximate surface area is 194 Å². The summed E-state index contributed by atoms with van der Waals surface area (Å²) < 4.78 is 47.5. The zero-order valence-electron chi connectivity index (χ0n) is 19.1. The number of nitrogens with zero attached hydrogens (tertiary/aromatic N) is 7. The summed E-state index contributed by atoms with van der Waals surface area (Å²) in [6.07, 6.45) is 1.90. The van der Waals surface area contributed by atoms with Gasteiger partial charge in [-0.25, -0.2) is 15.0 Å². The average Bonchev–Trinajstić information content (AvgIpc) is 3.49. The van der Waals surface area contributed by atoms with Crippen molar-refractivity contribution in [1.82, 2.24) is 29.7 Å². The van der Waals surface area contributed by atoms with Crippen molar-refractivity contribution in [3.05, 3.63) is 35.0 Å². The number of ether oxygens (including phenoxy) is 1. The van der Waals surface area contributed by atoms with Crippen molar-refractivity contribution >= 4 is 17.1 Å². The molecular weight excluding hydrogens is 447 g/mol. The monoisotopic (exact) mass is 473 g/mol. The molecule has 0 unspecified atom stereocenters. The highest BCUT2D eigenvalue weighted by Crippen LogP contribution is 2.50. The van der Waals surface area contributed by atoms with E-state index in [1.165, 1.54) is 0 Å². The molecule has 0 aromatic carbocycles. The quantitative estimate of drug-likeness (QED) is 0.562. The van der Waals surface area contributed by atoms with Crippen LogP contribution in [-0.2, 0) is 4.74 Å². The summed E-state index contributed by atoms with van der Waals surface area (Å²) in [4.78, 5) is 20.7. The summed E-state index contributed by atoms with van der Waals surface area (Å²) in [5.41, 5.74) is 4.00. The van der Waals surface area contributed by atoms with Gasteiger partial charge in [0, 0.05) is 24.2 Å². The van der Waals surface area contributed by atoms with Crippen molar-refractivity contribution in [2.45, 2.75) is 63.8 Å². The van der Waals surface area contributed by atoms with Gasteiger partial charge in [-0.1, -0.05) is 0 Å². The molecule has 1 saturated heterocycles. The van der Waals surface area contributed by atoms with Crippen molar-refractivity contribution in [2.24, 2.45) is 5.92 Å². The lowest BCUT2D eigenvalue weighted by molar-refractivity contribution is -0.197. The average molecular weight is 474 g/mol. The van der Waals surface area contributed by atoms with Crippen LogP contribution in [0.15, 0.2) is 12.4 Å². The molecule has 3 aromatic heterocycles. The summed E-state index contributed by atoms with van der Waals surface area (Å²) in [6, 6.07) is 0.494. The second-order valence-electron chi connectivity index (χ2n) is 9.67. The van der Waals surface area contributed by atoms with E-state index in [0.29, 0.717) is 48.5 Å². The molecule has 34 heavy (non-hydrogen) atoms. The SMILES string of the molecule is Cc1nc2nc(N3CCO[C@@H](c4cnn(C5CC5)c4)C3)nc([C@H]3C[C@H](C(F)(F)F)C3)c2nc1C. The summed E-state index contributed by atoms with van der Waals surface area (Å²) in [6.45, 7) is 5.32. The largest absolute Gasteiger partial charge is 0.391 e. The molecule has 8 nitrogen and oxygen atoms in total. The van der Waals surface area contributed by atoms with Crippen molar-refractivity contribution < 1.29 is 17.9 Å². The first-order valence-corrected chi connectivity index (χ1v) is 11.8. The number of hydrogen-bond acceptors (Lipinski definition) is 7. The van der Waals surface area contributed by atoms with Gasteiger partial charge >= 0.3 is 6.18 Å². The topological polar surface area (TPSA) is 81.9 Å². The smallest absolute Gasteiger partial charge is 0.370 e. The first-order valence-electron chi connectivity index (χ1n) is 11.8. The summed E-state index contributed by atoms with van der Waals surface area (Å²) in [5, 5.41) is 4.47. The van der Waals surface area contributed by atoms with Gasteiger partial charge in [0.15, 0.2) is 5.65 Å². The number of hydrogen-bond donors (Lipinski definition) is 0. The van der Waals surface area contributed by atoms with Crippen LogP contribution in [0.5, 0.6) is 0 Å². The Hall–Kier alpha value is -2.82. The second kappa shape index (κ2) is 7.86. The Morgan fingerprint density at radius 1 is 1.03 bits per heavy atom. The van der Waals surface area contributed by atoms with Crippen molar-refractivity contribution in [3.63, 3.8) is 0 Å². The first kappa shape index (κ1) is 21.7. The maximum absolute atomic E-state index is 13.2. The molecule has 0 spiro atoms. The van der Waals surface area contributed by atoms with Gasteiger partial charge < -0.3 is 9.64 Å². The molecule has 0 N–H and O–H groups in total. The number of morpholine rings is 1. The van der Waals surface area contributed by atoms with Gasteiger partial charge in [0.25, 0.3) is 0 Å². The standard InChI is InChI=1S/C23H26F3N7O/c1-12-13(2)29-21-20(28-12)19(14-7-16(8-14)23(24,25)26)30-22(31-21)32-5-6-34-18(11-32)15-9-27-33(10-15)17-3-4-17/h9-10,14,16-18H,3-8,11H2,1-2H3/t14-,16-,18-/m1/s1. The Morgan fingerprint density at radius 2 is 1.79 bits per heavy atom. The van der Waals surface area contributed by atoms with E-state index in [0.717, 1.165) is 29.8 Å². The number of aryl methyl sites for hydroxylation is 2. The van der Waals surface area contributed by atoms with E-state index in [1.54, 1.807) is 0 Å². The Kier molecular flexibility index (Phi) is 5.02.